The van der Waals surface area contributed by atoms with E-state index in [4.69, 9.17) is 14.2 Å². The molecule has 0 radical (unpaired) electrons. The summed E-state index contributed by atoms with van der Waals surface area (Å²) in [5.41, 5.74) is 0. The van der Waals surface area contributed by atoms with Crippen LogP contribution in [0.5, 0.6) is 0 Å². The van der Waals surface area contributed by atoms with Crippen molar-refractivity contribution in [3.05, 3.63) is 0 Å². The molecular formula is C46H88O6. The van der Waals surface area contributed by atoms with Crippen LogP contribution < -0.4 is 0 Å². The van der Waals surface area contributed by atoms with E-state index in [-0.39, 0.29) is 31.1 Å². The summed E-state index contributed by atoms with van der Waals surface area (Å²) in [6.45, 7) is 8.92. The van der Waals surface area contributed by atoms with Crippen molar-refractivity contribution >= 4 is 17.9 Å². The average molecular weight is 737 g/mol. The molecule has 0 heterocycles. The molecule has 0 aromatic carbocycles. The third kappa shape index (κ3) is 39.6. The van der Waals surface area contributed by atoms with Crippen molar-refractivity contribution in [3.8, 4) is 0 Å². The van der Waals surface area contributed by atoms with Crippen molar-refractivity contribution in [2.24, 2.45) is 5.92 Å². The molecule has 308 valence electrons. The number of carbonyl (C=O) groups excluding carboxylic acids is 3. The number of esters is 3. The largest absolute Gasteiger partial charge is 0.462 e. The summed E-state index contributed by atoms with van der Waals surface area (Å²) in [6, 6.07) is 0. The Hall–Kier alpha value is -1.59. The van der Waals surface area contributed by atoms with Crippen LogP contribution in [0, 0.1) is 5.92 Å². The maximum atomic E-state index is 12.5. The Balaban J connectivity index is 4.12. The van der Waals surface area contributed by atoms with Gasteiger partial charge in [0, 0.05) is 19.3 Å². The average Bonchev–Trinajstić information content (AvgIpc) is 3.12. The van der Waals surface area contributed by atoms with Gasteiger partial charge in [0.1, 0.15) is 13.2 Å². The zero-order chi connectivity index (χ0) is 38.2. The van der Waals surface area contributed by atoms with Crippen molar-refractivity contribution in [3.63, 3.8) is 0 Å². The van der Waals surface area contributed by atoms with Gasteiger partial charge in [-0.15, -0.1) is 0 Å². The van der Waals surface area contributed by atoms with Gasteiger partial charge in [0.2, 0.25) is 0 Å². The summed E-state index contributed by atoms with van der Waals surface area (Å²) in [4.78, 5) is 37.4. The van der Waals surface area contributed by atoms with Gasteiger partial charge in [0.05, 0.1) is 0 Å². The molecule has 0 saturated carbocycles. The lowest BCUT2D eigenvalue weighted by Crippen LogP contribution is -2.30. The van der Waals surface area contributed by atoms with E-state index in [1.54, 1.807) is 0 Å². The normalized spacial score (nSPS) is 11.9. The number of hydrogen-bond acceptors (Lipinski definition) is 6. The molecule has 0 spiro atoms. The maximum absolute atomic E-state index is 12.5. The highest BCUT2D eigenvalue weighted by Crippen LogP contribution is 2.16. The van der Waals surface area contributed by atoms with Crippen LogP contribution in [0.4, 0.5) is 0 Å². The maximum Gasteiger partial charge on any atom is 0.306 e. The molecule has 0 N–H and O–H groups in total. The van der Waals surface area contributed by atoms with Gasteiger partial charge in [0.25, 0.3) is 0 Å². The Labute approximate surface area is 323 Å². The van der Waals surface area contributed by atoms with Crippen LogP contribution in [-0.4, -0.2) is 37.2 Å². The summed E-state index contributed by atoms with van der Waals surface area (Å²) < 4.78 is 16.6. The molecule has 6 heteroatoms. The van der Waals surface area contributed by atoms with Crippen molar-refractivity contribution < 1.29 is 28.6 Å². The fraction of sp³-hybridized carbons (Fsp3) is 0.935. The number of hydrogen-bond donors (Lipinski definition) is 0. The Kier molecular flexibility index (Phi) is 39.4. The van der Waals surface area contributed by atoms with Crippen LogP contribution in [0.25, 0.3) is 0 Å². The van der Waals surface area contributed by atoms with Crippen molar-refractivity contribution in [2.75, 3.05) is 13.2 Å². The standard InChI is InChI=1S/C46H88O6/c1-5-7-9-11-12-13-14-16-20-23-26-30-33-37-44(47)50-40-43(52-46(49)39-35-28-10-8-6-2)41-51-45(48)38-34-31-27-24-21-18-15-17-19-22-25-29-32-36-42(3)4/h42-43H,5-41H2,1-4H3/t43-/m0/s1. The SMILES string of the molecule is CCCCCCCCCCCCCCCC(=O)OC[C@@H](COC(=O)CCCCCCCCCCCCCCCC(C)C)OC(=O)CCCCCCC. The van der Waals surface area contributed by atoms with E-state index >= 15 is 0 Å². The molecule has 0 aliphatic rings. The molecule has 0 aliphatic heterocycles. The predicted molar refractivity (Wildman–Crippen MR) is 220 cm³/mol. The zero-order valence-corrected chi connectivity index (χ0v) is 35.3. The van der Waals surface area contributed by atoms with Gasteiger partial charge in [-0.1, -0.05) is 214 Å². The lowest BCUT2D eigenvalue weighted by molar-refractivity contribution is -0.167. The van der Waals surface area contributed by atoms with Gasteiger partial charge >= 0.3 is 17.9 Å². The fourth-order valence-electron chi connectivity index (χ4n) is 6.80. The van der Waals surface area contributed by atoms with Crippen LogP contribution >= 0.6 is 0 Å². The summed E-state index contributed by atoms with van der Waals surface area (Å²) in [6.07, 6.45) is 39.7. The van der Waals surface area contributed by atoms with E-state index in [9.17, 15) is 14.4 Å². The molecular weight excluding hydrogens is 649 g/mol. The molecule has 0 unspecified atom stereocenters. The van der Waals surface area contributed by atoms with Gasteiger partial charge in [-0.05, 0) is 25.2 Å². The van der Waals surface area contributed by atoms with Crippen LogP contribution in [-0.2, 0) is 28.6 Å². The lowest BCUT2D eigenvalue weighted by Gasteiger charge is -2.18. The number of rotatable bonds is 41. The highest BCUT2D eigenvalue weighted by molar-refractivity contribution is 5.71. The van der Waals surface area contributed by atoms with E-state index in [1.165, 1.54) is 141 Å². The fourth-order valence-corrected chi connectivity index (χ4v) is 6.80. The predicted octanol–water partition coefficient (Wildman–Crippen LogP) is 14.3. The van der Waals surface area contributed by atoms with E-state index < -0.39 is 6.10 Å². The van der Waals surface area contributed by atoms with Crippen molar-refractivity contribution in [2.45, 2.75) is 259 Å². The van der Waals surface area contributed by atoms with Crippen molar-refractivity contribution in [1.82, 2.24) is 0 Å². The first kappa shape index (κ1) is 50.4. The number of ether oxygens (including phenoxy) is 3. The smallest absolute Gasteiger partial charge is 0.306 e. The first-order valence-electron chi connectivity index (χ1n) is 22.9. The van der Waals surface area contributed by atoms with Crippen LogP contribution in [0.2, 0.25) is 0 Å². The summed E-state index contributed by atoms with van der Waals surface area (Å²) >= 11 is 0. The molecule has 1 atom stereocenters. The van der Waals surface area contributed by atoms with Crippen LogP contribution in [0.3, 0.4) is 0 Å². The molecule has 0 rings (SSSR count). The van der Waals surface area contributed by atoms with Gasteiger partial charge in [-0.3, -0.25) is 14.4 Å². The Bertz CT molecular complexity index is 781. The molecule has 0 bridgehead atoms. The Morgan fingerprint density at radius 2 is 0.635 bits per heavy atom. The highest BCUT2D eigenvalue weighted by Gasteiger charge is 2.19. The summed E-state index contributed by atoms with van der Waals surface area (Å²) in [7, 11) is 0. The van der Waals surface area contributed by atoms with Crippen molar-refractivity contribution in [1.29, 1.82) is 0 Å². The second-order valence-corrected chi connectivity index (χ2v) is 16.2. The quantitative estimate of drug-likeness (QED) is 0.0353. The van der Waals surface area contributed by atoms with Gasteiger partial charge < -0.3 is 14.2 Å². The highest BCUT2D eigenvalue weighted by atomic mass is 16.6. The molecule has 0 aromatic rings. The van der Waals surface area contributed by atoms with E-state index in [0.29, 0.717) is 19.3 Å². The summed E-state index contributed by atoms with van der Waals surface area (Å²) in [5, 5.41) is 0. The zero-order valence-electron chi connectivity index (χ0n) is 35.3. The topological polar surface area (TPSA) is 78.9 Å². The molecule has 0 amide bonds. The minimum atomic E-state index is -0.757. The van der Waals surface area contributed by atoms with E-state index in [0.717, 1.165) is 70.1 Å². The minimum Gasteiger partial charge on any atom is -0.462 e. The monoisotopic (exact) mass is 737 g/mol. The second kappa shape index (κ2) is 40.6. The van der Waals surface area contributed by atoms with Gasteiger partial charge in [0.15, 0.2) is 6.10 Å². The number of carbonyl (C=O) groups is 3. The minimum absolute atomic E-state index is 0.0650. The van der Waals surface area contributed by atoms with E-state index in [1.807, 2.05) is 0 Å². The van der Waals surface area contributed by atoms with Gasteiger partial charge in [-0.2, -0.15) is 0 Å². The molecule has 0 aromatic heterocycles. The third-order valence-electron chi connectivity index (χ3n) is 10.3. The number of unbranched alkanes of at least 4 members (excludes halogenated alkanes) is 28. The first-order chi connectivity index (χ1) is 25.4. The lowest BCUT2D eigenvalue weighted by atomic mass is 10.0. The first-order valence-corrected chi connectivity index (χ1v) is 22.9. The molecule has 6 nitrogen and oxygen atoms in total. The van der Waals surface area contributed by atoms with Gasteiger partial charge in [-0.25, -0.2) is 0 Å². The second-order valence-electron chi connectivity index (χ2n) is 16.2. The molecule has 0 saturated heterocycles. The third-order valence-corrected chi connectivity index (χ3v) is 10.3. The Morgan fingerprint density at radius 1 is 0.365 bits per heavy atom. The molecule has 52 heavy (non-hydrogen) atoms. The Morgan fingerprint density at radius 3 is 0.942 bits per heavy atom. The van der Waals surface area contributed by atoms with E-state index in [2.05, 4.69) is 27.7 Å². The molecule has 0 aliphatic carbocycles. The summed E-state index contributed by atoms with van der Waals surface area (Å²) in [5.74, 6) is -0.0280. The molecule has 0 fully saturated rings. The van der Waals surface area contributed by atoms with Crippen LogP contribution in [0.1, 0.15) is 252 Å². The van der Waals surface area contributed by atoms with Crippen LogP contribution in [0.15, 0.2) is 0 Å².